The molecule has 2 atom stereocenters. The average molecular weight is 293 g/mol. The monoisotopic (exact) mass is 293 g/mol. The molecule has 0 aromatic carbocycles. The summed E-state index contributed by atoms with van der Waals surface area (Å²) in [6.07, 6.45) is 8.86. The molecule has 1 aromatic heterocycles. The molecule has 1 rings (SSSR count). The molecule has 5 nitrogen and oxygen atoms in total. The molecule has 0 radical (unpaired) electrons. The van der Waals surface area contributed by atoms with Crippen LogP contribution in [0.5, 0.6) is 0 Å². The third kappa shape index (κ3) is 7.73. The van der Waals surface area contributed by atoms with Gasteiger partial charge < -0.3 is 10.6 Å². The number of aliphatic imine (C=N–C) groups is 1. The minimum absolute atomic E-state index is 0.462. The van der Waals surface area contributed by atoms with Crippen LogP contribution in [0.3, 0.4) is 0 Å². The highest BCUT2D eigenvalue weighted by Crippen LogP contribution is 2.03. The van der Waals surface area contributed by atoms with Gasteiger partial charge in [-0.2, -0.15) is 5.10 Å². The number of hydrogen-bond acceptors (Lipinski definition) is 2. The first-order valence-electron chi connectivity index (χ1n) is 8.10. The largest absolute Gasteiger partial charge is 0.356 e. The Morgan fingerprint density at radius 2 is 2.14 bits per heavy atom. The van der Waals surface area contributed by atoms with Crippen LogP contribution in [0.1, 0.15) is 46.5 Å². The molecular weight excluding hydrogens is 262 g/mol. The first kappa shape index (κ1) is 17.5. The van der Waals surface area contributed by atoms with Crippen LogP contribution >= 0.6 is 0 Å². The number of aromatic nitrogens is 2. The number of rotatable bonds is 9. The van der Waals surface area contributed by atoms with Crippen LogP contribution in [0.4, 0.5) is 0 Å². The number of unbranched alkanes of at least 4 members (excludes halogenated alkanes) is 2. The summed E-state index contributed by atoms with van der Waals surface area (Å²) < 4.78 is 1.97. The number of hydrogen-bond donors (Lipinski definition) is 2. The van der Waals surface area contributed by atoms with Crippen molar-refractivity contribution in [2.75, 3.05) is 13.6 Å². The fourth-order valence-corrected chi connectivity index (χ4v) is 2.26. The van der Waals surface area contributed by atoms with E-state index < -0.39 is 0 Å². The smallest absolute Gasteiger partial charge is 0.191 e. The van der Waals surface area contributed by atoms with Gasteiger partial charge in [0.1, 0.15) is 0 Å². The zero-order valence-electron chi connectivity index (χ0n) is 14.0. The maximum Gasteiger partial charge on any atom is 0.191 e. The van der Waals surface area contributed by atoms with Gasteiger partial charge in [-0.05, 0) is 25.3 Å². The zero-order valence-corrected chi connectivity index (χ0v) is 14.0. The van der Waals surface area contributed by atoms with Gasteiger partial charge in [-0.15, -0.1) is 0 Å². The highest BCUT2D eigenvalue weighted by atomic mass is 15.3. The van der Waals surface area contributed by atoms with E-state index in [1.54, 1.807) is 0 Å². The highest BCUT2D eigenvalue weighted by Gasteiger charge is 2.07. The Morgan fingerprint density at radius 3 is 2.76 bits per heavy atom. The van der Waals surface area contributed by atoms with Gasteiger partial charge >= 0.3 is 0 Å². The Morgan fingerprint density at radius 1 is 1.33 bits per heavy atom. The van der Waals surface area contributed by atoms with Crippen LogP contribution in [0, 0.1) is 5.92 Å². The van der Waals surface area contributed by atoms with Gasteiger partial charge in [0.15, 0.2) is 5.96 Å². The van der Waals surface area contributed by atoms with E-state index in [1.807, 2.05) is 30.2 Å². The van der Waals surface area contributed by atoms with Gasteiger partial charge in [0, 0.05) is 38.6 Å². The predicted octanol–water partition coefficient (Wildman–Crippen LogP) is 2.65. The Kier molecular flexibility index (Phi) is 8.55. The quantitative estimate of drug-likeness (QED) is 0.418. The standard InChI is InChI=1S/C16H31N5/c1-5-6-7-9-15(3)20-16(17-4)18-12-14(2)13-21-11-8-10-19-21/h8,10-11,14-15H,5-7,9,12-13H2,1-4H3,(H2,17,18,20). The van der Waals surface area contributed by atoms with E-state index in [2.05, 4.69) is 41.5 Å². The molecule has 120 valence electrons. The lowest BCUT2D eigenvalue weighted by atomic mass is 10.1. The summed E-state index contributed by atoms with van der Waals surface area (Å²) in [4.78, 5) is 4.30. The molecule has 0 spiro atoms. The maximum atomic E-state index is 4.30. The summed E-state index contributed by atoms with van der Waals surface area (Å²) >= 11 is 0. The summed E-state index contributed by atoms with van der Waals surface area (Å²) in [7, 11) is 1.83. The molecule has 0 aliphatic carbocycles. The van der Waals surface area contributed by atoms with E-state index in [-0.39, 0.29) is 0 Å². The normalized spacial score (nSPS) is 14.8. The van der Waals surface area contributed by atoms with Crippen LogP contribution in [0.2, 0.25) is 0 Å². The fraction of sp³-hybridized carbons (Fsp3) is 0.750. The summed E-state index contributed by atoms with van der Waals surface area (Å²) in [6, 6.07) is 2.42. The van der Waals surface area contributed by atoms with E-state index in [0.29, 0.717) is 12.0 Å². The van der Waals surface area contributed by atoms with Gasteiger partial charge in [0.25, 0.3) is 0 Å². The number of guanidine groups is 1. The van der Waals surface area contributed by atoms with E-state index in [4.69, 9.17) is 0 Å². The molecule has 5 heteroatoms. The molecule has 2 N–H and O–H groups in total. The Labute approximate surface area is 129 Å². The molecule has 1 aromatic rings. The summed E-state index contributed by atoms with van der Waals surface area (Å²) in [5, 5.41) is 11.1. The molecule has 0 amide bonds. The second-order valence-electron chi connectivity index (χ2n) is 5.83. The van der Waals surface area contributed by atoms with Crippen molar-refractivity contribution in [3.05, 3.63) is 18.5 Å². The third-order valence-corrected chi connectivity index (χ3v) is 3.52. The number of nitrogens with zero attached hydrogens (tertiary/aromatic N) is 3. The van der Waals surface area contributed by atoms with Gasteiger partial charge in [0.05, 0.1) is 0 Å². The second-order valence-corrected chi connectivity index (χ2v) is 5.83. The molecule has 0 saturated carbocycles. The lowest BCUT2D eigenvalue weighted by Gasteiger charge is -2.20. The van der Waals surface area contributed by atoms with Crippen molar-refractivity contribution in [3.63, 3.8) is 0 Å². The molecule has 0 bridgehead atoms. The molecule has 0 fully saturated rings. The maximum absolute atomic E-state index is 4.30. The highest BCUT2D eigenvalue weighted by molar-refractivity contribution is 5.79. The zero-order chi connectivity index (χ0) is 15.5. The Balaban J connectivity index is 2.24. The number of nitrogens with one attached hydrogen (secondary N) is 2. The van der Waals surface area contributed by atoms with Crippen molar-refractivity contribution in [1.29, 1.82) is 0 Å². The molecular formula is C16H31N5. The average Bonchev–Trinajstić information content (AvgIpc) is 2.96. The third-order valence-electron chi connectivity index (χ3n) is 3.52. The first-order chi connectivity index (χ1) is 10.2. The summed E-state index contributed by atoms with van der Waals surface area (Å²) in [5.41, 5.74) is 0. The molecule has 0 saturated heterocycles. The Bertz CT molecular complexity index is 385. The van der Waals surface area contributed by atoms with E-state index >= 15 is 0 Å². The van der Waals surface area contributed by atoms with Gasteiger partial charge in [0.2, 0.25) is 0 Å². The second kappa shape index (κ2) is 10.2. The van der Waals surface area contributed by atoms with Crippen LogP contribution < -0.4 is 10.6 Å². The lowest BCUT2D eigenvalue weighted by Crippen LogP contribution is -2.44. The molecule has 0 aliphatic heterocycles. The van der Waals surface area contributed by atoms with E-state index in [1.165, 1.54) is 25.7 Å². The van der Waals surface area contributed by atoms with E-state index in [0.717, 1.165) is 19.0 Å². The van der Waals surface area contributed by atoms with Crippen molar-refractivity contribution in [2.24, 2.45) is 10.9 Å². The summed E-state index contributed by atoms with van der Waals surface area (Å²) in [5.74, 6) is 1.39. The molecule has 1 heterocycles. The van der Waals surface area contributed by atoms with Gasteiger partial charge in [-0.3, -0.25) is 9.67 Å². The van der Waals surface area contributed by atoms with Crippen molar-refractivity contribution < 1.29 is 0 Å². The molecule has 0 aliphatic rings. The van der Waals surface area contributed by atoms with Crippen molar-refractivity contribution >= 4 is 5.96 Å². The van der Waals surface area contributed by atoms with Crippen molar-refractivity contribution in [2.45, 2.75) is 59.0 Å². The molecule has 2 unspecified atom stereocenters. The fourth-order valence-electron chi connectivity index (χ4n) is 2.26. The van der Waals surface area contributed by atoms with Crippen LogP contribution in [0.15, 0.2) is 23.5 Å². The van der Waals surface area contributed by atoms with Gasteiger partial charge in [-0.1, -0.05) is 33.1 Å². The summed E-state index contributed by atoms with van der Waals surface area (Å²) in [6.45, 7) is 8.48. The SMILES string of the molecule is CCCCCC(C)NC(=NC)NCC(C)Cn1cccn1. The predicted molar refractivity (Wildman–Crippen MR) is 89.5 cm³/mol. The Hall–Kier alpha value is -1.52. The first-order valence-corrected chi connectivity index (χ1v) is 8.10. The van der Waals surface area contributed by atoms with Crippen molar-refractivity contribution in [3.8, 4) is 0 Å². The van der Waals surface area contributed by atoms with E-state index in [9.17, 15) is 0 Å². The minimum atomic E-state index is 0.462. The lowest BCUT2D eigenvalue weighted by molar-refractivity contribution is 0.441. The van der Waals surface area contributed by atoms with Gasteiger partial charge in [-0.25, -0.2) is 0 Å². The topological polar surface area (TPSA) is 54.2 Å². The molecule has 21 heavy (non-hydrogen) atoms. The van der Waals surface area contributed by atoms with Crippen LogP contribution in [-0.2, 0) is 6.54 Å². The minimum Gasteiger partial charge on any atom is -0.356 e. The van der Waals surface area contributed by atoms with Crippen LogP contribution in [0.25, 0.3) is 0 Å². The van der Waals surface area contributed by atoms with Crippen molar-refractivity contribution in [1.82, 2.24) is 20.4 Å². The van der Waals surface area contributed by atoms with Crippen LogP contribution in [-0.4, -0.2) is 35.4 Å².